The molecule has 0 aromatic heterocycles. The zero-order valence-electron chi connectivity index (χ0n) is 12.2. The van der Waals surface area contributed by atoms with Crippen LogP contribution in [0.1, 0.15) is 24.0 Å². The summed E-state index contributed by atoms with van der Waals surface area (Å²) >= 11 is 0. The van der Waals surface area contributed by atoms with Gasteiger partial charge in [-0.15, -0.1) is 0 Å². The van der Waals surface area contributed by atoms with E-state index in [1.807, 2.05) is 0 Å². The number of morpholine rings is 1. The van der Waals surface area contributed by atoms with E-state index in [0.717, 1.165) is 45.1 Å². The van der Waals surface area contributed by atoms with E-state index in [9.17, 15) is 0 Å². The maximum absolute atomic E-state index is 5.95. The van der Waals surface area contributed by atoms with Crippen LogP contribution < -0.4 is 10.5 Å². The van der Waals surface area contributed by atoms with E-state index in [1.165, 1.54) is 24.0 Å². The Morgan fingerprint density at radius 3 is 2.65 bits per heavy atom. The Morgan fingerprint density at radius 1 is 1.30 bits per heavy atom. The first-order valence-corrected chi connectivity index (χ1v) is 7.45. The average Bonchev–Trinajstić information content (AvgIpc) is 3.29. The molecule has 1 saturated heterocycles. The molecule has 0 bridgehead atoms. The second-order valence-electron chi connectivity index (χ2n) is 5.90. The van der Waals surface area contributed by atoms with Crippen LogP contribution in [-0.4, -0.2) is 44.9 Å². The van der Waals surface area contributed by atoms with Crippen molar-refractivity contribution in [3.63, 3.8) is 0 Å². The van der Waals surface area contributed by atoms with Crippen molar-refractivity contribution in [1.29, 1.82) is 0 Å². The third kappa shape index (κ3) is 2.68. The number of benzene rings is 1. The van der Waals surface area contributed by atoms with Crippen LogP contribution in [0.15, 0.2) is 18.2 Å². The number of hydrogen-bond donors (Lipinski definition) is 1. The van der Waals surface area contributed by atoms with Crippen LogP contribution in [0, 0.1) is 0 Å². The van der Waals surface area contributed by atoms with Gasteiger partial charge in [0.1, 0.15) is 5.75 Å². The third-order valence-electron chi connectivity index (χ3n) is 4.63. The fourth-order valence-electron chi connectivity index (χ4n) is 2.99. The summed E-state index contributed by atoms with van der Waals surface area (Å²) in [6.45, 7) is 5.33. The summed E-state index contributed by atoms with van der Waals surface area (Å²) in [6.07, 6.45) is 2.43. The van der Waals surface area contributed by atoms with Crippen LogP contribution in [0.3, 0.4) is 0 Å². The maximum Gasteiger partial charge on any atom is 0.123 e. The zero-order valence-corrected chi connectivity index (χ0v) is 12.2. The minimum absolute atomic E-state index is 0.242. The first kappa shape index (κ1) is 13.9. The normalized spacial score (nSPS) is 21.7. The second-order valence-corrected chi connectivity index (χ2v) is 5.90. The molecule has 2 fully saturated rings. The first-order chi connectivity index (χ1) is 9.77. The molecule has 1 aliphatic carbocycles. The summed E-state index contributed by atoms with van der Waals surface area (Å²) in [5.41, 5.74) is 8.84. The van der Waals surface area contributed by atoms with Crippen molar-refractivity contribution in [3.8, 4) is 5.75 Å². The molecule has 2 aliphatic rings. The molecule has 1 heterocycles. The van der Waals surface area contributed by atoms with Gasteiger partial charge in [-0.25, -0.2) is 0 Å². The van der Waals surface area contributed by atoms with E-state index in [0.29, 0.717) is 0 Å². The van der Waals surface area contributed by atoms with Crippen LogP contribution in [-0.2, 0) is 16.7 Å². The van der Waals surface area contributed by atoms with Gasteiger partial charge in [0.15, 0.2) is 0 Å². The van der Waals surface area contributed by atoms with Gasteiger partial charge < -0.3 is 15.2 Å². The molecule has 110 valence electrons. The predicted octanol–water partition coefficient (Wildman–Crippen LogP) is 1.52. The van der Waals surface area contributed by atoms with Crippen LogP contribution in [0.5, 0.6) is 5.75 Å². The lowest BCUT2D eigenvalue weighted by atomic mass is 9.94. The SMILES string of the molecule is COc1ccc(C2(CN)CC2)cc1CN1CCOCC1. The van der Waals surface area contributed by atoms with Crippen LogP contribution >= 0.6 is 0 Å². The summed E-state index contributed by atoms with van der Waals surface area (Å²) < 4.78 is 10.9. The highest BCUT2D eigenvalue weighted by atomic mass is 16.5. The number of nitrogens with zero attached hydrogens (tertiary/aromatic N) is 1. The van der Waals surface area contributed by atoms with Crippen molar-refractivity contribution in [2.75, 3.05) is 40.0 Å². The Kier molecular flexibility index (Phi) is 3.96. The highest BCUT2D eigenvalue weighted by Crippen LogP contribution is 2.48. The van der Waals surface area contributed by atoms with Gasteiger partial charge in [-0.1, -0.05) is 12.1 Å². The Balaban J connectivity index is 1.81. The fraction of sp³-hybridized carbons (Fsp3) is 0.625. The van der Waals surface area contributed by atoms with Gasteiger partial charge in [-0.2, -0.15) is 0 Å². The molecular formula is C16H24N2O2. The standard InChI is InChI=1S/C16H24N2O2/c1-19-15-3-2-14(16(12-17)4-5-16)10-13(15)11-18-6-8-20-9-7-18/h2-3,10H,4-9,11-12,17H2,1H3. The van der Waals surface area contributed by atoms with Crippen LogP contribution in [0.4, 0.5) is 0 Å². The molecule has 0 amide bonds. The molecule has 4 heteroatoms. The van der Waals surface area contributed by atoms with Crippen molar-refractivity contribution >= 4 is 0 Å². The molecule has 3 rings (SSSR count). The summed E-state index contributed by atoms with van der Waals surface area (Å²) in [5, 5.41) is 0. The Bertz CT molecular complexity index is 466. The van der Waals surface area contributed by atoms with Gasteiger partial charge >= 0.3 is 0 Å². The van der Waals surface area contributed by atoms with Crippen molar-refractivity contribution in [3.05, 3.63) is 29.3 Å². The smallest absolute Gasteiger partial charge is 0.123 e. The Hall–Kier alpha value is -1.10. The van der Waals surface area contributed by atoms with Gasteiger partial charge in [-0.05, 0) is 24.5 Å². The van der Waals surface area contributed by atoms with Crippen molar-refractivity contribution in [2.24, 2.45) is 5.73 Å². The average molecular weight is 276 g/mol. The minimum Gasteiger partial charge on any atom is -0.496 e. The molecule has 0 spiro atoms. The largest absolute Gasteiger partial charge is 0.496 e. The number of nitrogens with two attached hydrogens (primary N) is 1. The van der Waals surface area contributed by atoms with Gasteiger partial charge in [0.2, 0.25) is 0 Å². The van der Waals surface area contributed by atoms with Gasteiger partial charge in [-0.3, -0.25) is 4.90 Å². The fourth-order valence-corrected chi connectivity index (χ4v) is 2.99. The lowest BCUT2D eigenvalue weighted by molar-refractivity contribution is 0.0338. The number of rotatable bonds is 5. The maximum atomic E-state index is 5.95. The first-order valence-electron chi connectivity index (χ1n) is 7.45. The molecular weight excluding hydrogens is 252 g/mol. The lowest BCUT2D eigenvalue weighted by Crippen LogP contribution is -2.35. The van der Waals surface area contributed by atoms with E-state index in [4.69, 9.17) is 15.2 Å². The van der Waals surface area contributed by atoms with Crippen LogP contribution in [0.2, 0.25) is 0 Å². The molecule has 20 heavy (non-hydrogen) atoms. The van der Waals surface area contributed by atoms with Crippen molar-refractivity contribution in [2.45, 2.75) is 24.8 Å². The summed E-state index contributed by atoms with van der Waals surface area (Å²) in [7, 11) is 1.74. The van der Waals surface area contributed by atoms with E-state index >= 15 is 0 Å². The summed E-state index contributed by atoms with van der Waals surface area (Å²) in [6, 6.07) is 6.58. The zero-order chi connectivity index (χ0) is 14.0. The lowest BCUT2D eigenvalue weighted by Gasteiger charge is -2.27. The minimum atomic E-state index is 0.242. The van der Waals surface area contributed by atoms with Crippen LogP contribution in [0.25, 0.3) is 0 Å². The molecule has 4 nitrogen and oxygen atoms in total. The van der Waals surface area contributed by atoms with E-state index in [2.05, 4.69) is 23.1 Å². The molecule has 1 aromatic carbocycles. The summed E-state index contributed by atoms with van der Waals surface area (Å²) in [5.74, 6) is 0.980. The highest BCUT2D eigenvalue weighted by molar-refractivity contribution is 5.42. The number of methoxy groups -OCH3 is 1. The molecule has 0 atom stereocenters. The monoisotopic (exact) mass is 276 g/mol. The Morgan fingerprint density at radius 2 is 2.05 bits per heavy atom. The Labute approximate surface area is 120 Å². The van der Waals surface area contributed by atoms with E-state index in [-0.39, 0.29) is 5.41 Å². The highest BCUT2D eigenvalue weighted by Gasteiger charge is 2.43. The number of hydrogen-bond acceptors (Lipinski definition) is 4. The van der Waals surface area contributed by atoms with Gasteiger partial charge in [0, 0.05) is 37.2 Å². The van der Waals surface area contributed by atoms with Gasteiger partial charge in [0.25, 0.3) is 0 Å². The molecule has 1 saturated carbocycles. The van der Waals surface area contributed by atoms with Crippen molar-refractivity contribution < 1.29 is 9.47 Å². The molecule has 0 unspecified atom stereocenters. The number of ether oxygens (including phenoxy) is 2. The van der Waals surface area contributed by atoms with E-state index < -0.39 is 0 Å². The molecule has 2 N–H and O–H groups in total. The second kappa shape index (κ2) is 5.72. The predicted molar refractivity (Wildman–Crippen MR) is 79.1 cm³/mol. The molecule has 1 aliphatic heterocycles. The topological polar surface area (TPSA) is 47.7 Å². The third-order valence-corrected chi connectivity index (χ3v) is 4.63. The molecule has 1 aromatic rings. The quantitative estimate of drug-likeness (QED) is 0.886. The summed E-state index contributed by atoms with van der Waals surface area (Å²) in [4.78, 5) is 2.42. The van der Waals surface area contributed by atoms with E-state index in [1.54, 1.807) is 7.11 Å². The molecule has 0 radical (unpaired) electrons. The van der Waals surface area contributed by atoms with Gasteiger partial charge in [0.05, 0.1) is 20.3 Å². The van der Waals surface area contributed by atoms with Crippen molar-refractivity contribution in [1.82, 2.24) is 4.90 Å².